The molecule has 1 aliphatic heterocycles. The molecule has 0 radical (unpaired) electrons. The Bertz CT molecular complexity index is 377. The van der Waals surface area contributed by atoms with Crippen molar-refractivity contribution in [1.82, 2.24) is 0 Å². The largest absolute Gasteiger partial charge is 0.378 e. The van der Waals surface area contributed by atoms with Crippen molar-refractivity contribution >= 4 is 11.8 Å². The first-order valence-corrected chi connectivity index (χ1v) is 4.96. The molecule has 14 heavy (non-hydrogen) atoms. The first-order valence-electron chi connectivity index (χ1n) is 4.96. The summed E-state index contributed by atoms with van der Waals surface area (Å²) in [6.07, 6.45) is 7.35. The molecule has 1 heterocycles. The zero-order valence-corrected chi connectivity index (χ0v) is 8.46. The van der Waals surface area contributed by atoms with Crippen molar-refractivity contribution in [3.8, 4) is 0 Å². The summed E-state index contributed by atoms with van der Waals surface area (Å²) in [4.78, 5) is 0. The van der Waals surface area contributed by atoms with Crippen LogP contribution in [0.3, 0.4) is 0 Å². The summed E-state index contributed by atoms with van der Waals surface area (Å²) in [6, 6.07) is 6.82. The average Bonchev–Trinajstić information content (AvgIpc) is 2.38. The van der Waals surface area contributed by atoms with Gasteiger partial charge in [-0.25, -0.2) is 0 Å². The first kappa shape index (κ1) is 9.07. The van der Waals surface area contributed by atoms with Crippen LogP contribution < -0.4 is 5.32 Å². The summed E-state index contributed by atoms with van der Waals surface area (Å²) in [5.41, 5.74) is 3.77. The molecule has 0 amide bonds. The number of rotatable bonds is 1. The van der Waals surface area contributed by atoms with Gasteiger partial charge in [0.2, 0.25) is 0 Å². The van der Waals surface area contributed by atoms with Crippen LogP contribution >= 0.6 is 0 Å². The van der Waals surface area contributed by atoms with E-state index in [1.54, 1.807) is 0 Å². The molecule has 1 N–H and O–H groups in total. The quantitative estimate of drug-likeness (QED) is 0.661. The fourth-order valence-electron chi connectivity index (χ4n) is 1.71. The lowest BCUT2D eigenvalue weighted by atomic mass is 10.1. The molecule has 1 heteroatoms. The molecule has 0 spiro atoms. The van der Waals surface area contributed by atoms with Crippen molar-refractivity contribution in [3.63, 3.8) is 0 Å². The van der Waals surface area contributed by atoms with Gasteiger partial charge in [-0.15, -0.1) is 6.58 Å². The summed E-state index contributed by atoms with van der Waals surface area (Å²) < 4.78 is 0. The Kier molecular flexibility index (Phi) is 2.40. The van der Waals surface area contributed by atoms with E-state index in [0.29, 0.717) is 6.04 Å². The van der Waals surface area contributed by atoms with Crippen LogP contribution in [0.5, 0.6) is 0 Å². The summed E-state index contributed by atoms with van der Waals surface area (Å²) in [6.45, 7) is 5.94. The van der Waals surface area contributed by atoms with Gasteiger partial charge in [0.15, 0.2) is 0 Å². The van der Waals surface area contributed by atoms with Gasteiger partial charge >= 0.3 is 0 Å². The van der Waals surface area contributed by atoms with Crippen molar-refractivity contribution in [2.24, 2.45) is 0 Å². The summed E-state index contributed by atoms with van der Waals surface area (Å²) in [5, 5.41) is 3.46. The van der Waals surface area contributed by atoms with Crippen LogP contribution in [0.2, 0.25) is 0 Å². The SMILES string of the molecule is C=CC1CC=Cc2cc(C)ccc2N1. The first-order chi connectivity index (χ1) is 6.79. The lowest BCUT2D eigenvalue weighted by molar-refractivity contribution is 0.903. The molecule has 1 unspecified atom stereocenters. The van der Waals surface area contributed by atoms with Crippen LogP contribution in [0.15, 0.2) is 36.9 Å². The van der Waals surface area contributed by atoms with Crippen molar-refractivity contribution in [2.45, 2.75) is 19.4 Å². The van der Waals surface area contributed by atoms with Gasteiger partial charge in [-0.05, 0) is 31.0 Å². The smallest absolute Gasteiger partial charge is 0.0476 e. The molecule has 1 nitrogen and oxygen atoms in total. The van der Waals surface area contributed by atoms with Crippen LogP contribution in [-0.4, -0.2) is 6.04 Å². The van der Waals surface area contributed by atoms with E-state index >= 15 is 0 Å². The molecule has 0 saturated carbocycles. The van der Waals surface area contributed by atoms with Gasteiger partial charge in [-0.2, -0.15) is 0 Å². The Morgan fingerprint density at radius 1 is 1.50 bits per heavy atom. The van der Waals surface area contributed by atoms with Crippen LogP contribution in [0.25, 0.3) is 6.08 Å². The Balaban J connectivity index is 2.39. The Hall–Kier alpha value is -1.50. The van der Waals surface area contributed by atoms with Gasteiger partial charge in [0.1, 0.15) is 0 Å². The fourth-order valence-corrected chi connectivity index (χ4v) is 1.71. The number of nitrogens with one attached hydrogen (secondary N) is 1. The Labute approximate surface area is 85.2 Å². The Morgan fingerprint density at radius 3 is 3.14 bits per heavy atom. The molecule has 2 rings (SSSR count). The van der Waals surface area contributed by atoms with E-state index in [4.69, 9.17) is 0 Å². The third kappa shape index (κ3) is 1.72. The number of fused-ring (bicyclic) bond motifs is 1. The van der Waals surface area contributed by atoms with Crippen LogP contribution in [-0.2, 0) is 0 Å². The maximum atomic E-state index is 3.82. The van der Waals surface area contributed by atoms with Crippen molar-refractivity contribution in [3.05, 3.63) is 48.1 Å². The normalized spacial score (nSPS) is 19.4. The van der Waals surface area contributed by atoms with Gasteiger partial charge in [-0.1, -0.05) is 29.9 Å². The van der Waals surface area contributed by atoms with E-state index in [1.807, 2.05) is 6.08 Å². The van der Waals surface area contributed by atoms with E-state index in [-0.39, 0.29) is 0 Å². The average molecular weight is 185 g/mol. The van der Waals surface area contributed by atoms with Crippen LogP contribution in [0.4, 0.5) is 5.69 Å². The predicted octanol–water partition coefficient (Wildman–Crippen LogP) is 3.38. The zero-order chi connectivity index (χ0) is 9.97. The highest BCUT2D eigenvalue weighted by molar-refractivity contribution is 5.69. The molecule has 0 bridgehead atoms. The highest BCUT2D eigenvalue weighted by Gasteiger charge is 2.08. The monoisotopic (exact) mass is 185 g/mol. The predicted molar refractivity (Wildman–Crippen MR) is 62.4 cm³/mol. The minimum atomic E-state index is 0.357. The highest BCUT2D eigenvalue weighted by atomic mass is 14.9. The second-order valence-corrected chi connectivity index (χ2v) is 3.72. The lowest BCUT2D eigenvalue weighted by Crippen LogP contribution is -2.14. The molecule has 1 aromatic rings. The molecular weight excluding hydrogens is 170 g/mol. The number of benzene rings is 1. The number of anilines is 1. The van der Waals surface area contributed by atoms with Crippen LogP contribution in [0, 0.1) is 6.92 Å². The van der Waals surface area contributed by atoms with Gasteiger partial charge < -0.3 is 5.32 Å². The molecule has 0 saturated heterocycles. The van der Waals surface area contributed by atoms with E-state index in [1.165, 1.54) is 16.8 Å². The fraction of sp³-hybridized carbons (Fsp3) is 0.231. The van der Waals surface area contributed by atoms with E-state index < -0.39 is 0 Å². The summed E-state index contributed by atoms with van der Waals surface area (Å²) in [7, 11) is 0. The maximum absolute atomic E-state index is 3.82. The third-order valence-corrected chi connectivity index (χ3v) is 2.52. The standard InChI is InChI=1S/C13H15N/c1-3-12-6-4-5-11-9-10(2)7-8-13(11)14-12/h3-5,7-9,12,14H,1,6H2,2H3. The number of aryl methyl sites for hydroxylation is 1. The molecule has 0 fully saturated rings. The second-order valence-electron chi connectivity index (χ2n) is 3.72. The Morgan fingerprint density at radius 2 is 2.36 bits per heavy atom. The van der Waals surface area contributed by atoms with Crippen molar-refractivity contribution in [1.29, 1.82) is 0 Å². The zero-order valence-electron chi connectivity index (χ0n) is 8.46. The molecule has 0 aliphatic carbocycles. The maximum Gasteiger partial charge on any atom is 0.0476 e. The molecule has 1 aromatic carbocycles. The molecule has 1 aliphatic rings. The van der Waals surface area contributed by atoms with Gasteiger partial charge in [-0.3, -0.25) is 0 Å². The second kappa shape index (κ2) is 3.70. The summed E-state index contributed by atoms with van der Waals surface area (Å²) >= 11 is 0. The van der Waals surface area contributed by atoms with Crippen molar-refractivity contribution in [2.75, 3.05) is 5.32 Å². The summed E-state index contributed by atoms with van der Waals surface area (Å²) in [5.74, 6) is 0. The van der Waals surface area contributed by atoms with Gasteiger partial charge in [0.05, 0.1) is 0 Å². The van der Waals surface area contributed by atoms with E-state index in [9.17, 15) is 0 Å². The minimum Gasteiger partial charge on any atom is -0.378 e. The highest BCUT2D eigenvalue weighted by Crippen LogP contribution is 2.23. The van der Waals surface area contributed by atoms with E-state index in [0.717, 1.165) is 6.42 Å². The van der Waals surface area contributed by atoms with Gasteiger partial charge in [0, 0.05) is 11.7 Å². The van der Waals surface area contributed by atoms with Crippen LogP contribution in [0.1, 0.15) is 17.5 Å². The topological polar surface area (TPSA) is 12.0 Å². The number of hydrogen-bond donors (Lipinski definition) is 1. The minimum absolute atomic E-state index is 0.357. The molecule has 1 atom stereocenters. The third-order valence-electron chi connectivity index (χ3n) is 2.52. The molecule has 72 valence electrons. The van der Waals surface area contributed by atoms with E-state index in [2.05, 4.69) is 49.2 Å². The lowest BCUT2D eigenvalue weighted by Gasteiger charge is -2.13. The molecule has 0 aromatic heterocycles. The van der Waals surface area contributed by atoms with Crippen molar-refractivity contribution < 1.29 is 0 Å². The number of hydrogen-bond acceptors (Lipinski definition) is 1. The van der Waals surface area contributed by atoms with Gasteiger partial charge in [0.25, 0.3) is 0 Å². The molecular formula is C13H15N.